The molecule has 1 aromatic rings. The second-order valence-electron chi connectivity index (χ2n) is 6.76. The summed E-state index contributed by atoms with van der Waals surface area (Å²) in [6.07, 6.45) is 4.70. The van der Waals surface area contributed by atoms with Crippen LogP contribution in [-0.4, -0.2) is 18.5 Å². The van der Waals surface area contributed by atoms with E-state index >= 15 is 0 Å². The van der Waals surface area contributed by atoms with Crippen molar-refractivity contribution in [3.8, 4) is 0 Å². The summed E-state index contributed by atoms with van der Waals surface area (Å²) in [5, 5.41) is 6.63. The monoisotopic (exact) mass is 286 g/mol. The molecule has 0 saturated heterocycles. The third kappa shape index (κ3) is 3.13. The molecule has 1 aliphatic heterocycles. The first-order valence-corrected chi connectivity index (χ1v) is 8.28. The lowest BCUT2D eigenvalue weighted by Gasteiger charge is -2.34. The summed E-state index contributed by atoms with van der Waals surface area (Å²) in [4.78, 5) is 12.5. The van der Waals surface area contributed by atoms with Gasteiger partial charge in [0.15, 0.2) is 0 Å². The van der Waals surface area contributed by atoms with Crippen LogP contribution in [0.5, 0.6) is 0 Å². The van der Waals surface area contributed by atoms with Crippen LogP contribution in [0.4, 0.5) is 0 Å². The molecule has 0 spiro atoms. The van der Waals surface area contributed by atoms with Crippen LogP contribution in [0.3, 0.4) is 0 Å². The van der Waals surface area contributed by atoms with Gasteiger partial charge in [-0.3, -0.25) is 4.79 Å². The van der Waals surface area contributed by atoms with Crippen molar-refractivity contribution in [1.82, 2.24) is 10.6 Å². The highest BCUT2D eigenvalue weighted by atomic mass is 16.1. The Balaban J connectivity index is 1.70. The predicted molar refractivity (Wildman–Crippen MR) is 85.3 cm³/mol. The summed E-state index contributed by atoms with van der Waals surface area (Å²) in [6.45, 7) is 6.49. The molecule has 0 radical (unpaired) electrons. The smallest absolute Gasteiger partial charge is 0.251 e. The molecule has 114 valence electrons. The van der Waals surface area contributed by atoms with E-state index in [1.54, 1.807) is 0 Å². The normalized spacial score (nSPS) is 28.8. The summed E-state index contributed by atoms with van der Waals surface area (Å²) >= 11 is 0. The molecule has 3 heteroatoms. The van der Waals surface area contributed by atoms with Crippen LogP contribution in [0, 0.1) is 11.8 Å². The second kappa shape index (κ2) is 6.18. The molecule has 1 saturated carbocycles. The summed E-state index contributed by atoms with van der Waals surface area (Å²) in [6, 6.07) is 6.50. The summed E-state index contributed by atoms with van der Waals surface area (Å²) in [5.74, 6) is 1.37. The van der Waals surface area contributed by atoms with Crippen LogP contribution in [0.15, 0.2) is 18.2 Å². The van der Waals surface area contributed by atoms with Crippen molar-refractivity contribution < 1.29 is 4.79 Å². The minimum atomic E-state index is 0.0920. The average molecular weight is 286 g/mol. The fourth-order valence-electron chi connectivity index (χ4n) is 3.66. The molecule has 21 heavy (non-hydrogen) atoms. The third-order valence-corrected chi connectivity index (χ3v) is 5.38. The van der Waals surface area contributed by atoms with Gasteiger partial charge in [-0.05, 0) is 54.5 Å². The van der Waals surface area contributed by atoms with E-state index in [2.05, 4.69) is 36.6 Å². The van der Waals surface area contributed by atoms with E-state index < -0.39 is 0 Å². The highest BCUT2D eigenvalue weighted by Gasteiger charge is 2.28. The van der Waals surface area contributed by atoms with E-state index in [4.69, 9.17) is 0 Å². The number of amides is 1. The molecule has 0 aromatic heterocycles. The van der Waals surface area contributed by atoms with Gasteiger partial charge in [-0.25, -0.2) is 0 Å². The van der Waals surface area contributed by atoms with E-state index in [1.807, 2.05) is 6.07 Å². The van der Waals surface area contributed by atoms with Crippen molar-refractivity contribution >= 4 is 5.91 Å². The molecule has 0 bridgehead atoms. The number of carbonyl (C=O) groups is 1. The Morgan fingerprint density at radius 1 is 1.24 bits per heavy atom. The highest BCUT2D eigenvalue weighted by Crippen LogP contribution is 2.29. The van der Waals surface area contributed by atoms with Gasteiger partial charge >= 0.3 is 0 Å². The maximum absolute atomic E-state index is 12.5. The van der Waals surface area contributed by atoms with Gasteiger partial charge in [0.25, 0.3) is 5.91 Å². The summed E-state index contributed by atoms with van der Waals surface area (Å²) in [7, 11) is 0. The maximum Gasteiger partial charge on any atom is 0.251 e. The molecule has 1 aromatic carbocycles. The maximum atomic E-state index is 12.5. The molecule has 1 heterocycles. The van der Waals surface area contributed by atoms with Gasteiger partial charge in [-0.1, -0.05) is 32.8 Å². The summed E-state index contributed by atoms with van der Waals surface area (Å²) < 4.78 is 0. The van der Waals surface area contributed by atoms with Crippen LogP contribution in [0.25, 0.3) is 0 Å². The first-order valence-electron chi connectivity index (χ1n) is 8.28. The number of fused-ring (bicyclic) bond motifs is 1. The fraction of sp³-hybridized carbons (Fsp3) is 0.611. The number of nitrogens with one attached hydrogen (secondary N) is 2. The largest absolute Gasteiger partial charge is 0.349 e. The lowest BCUT2D eigenvalue weighted by molar-refractivity contribution is 0.0891. The summed E-state index contributed by atoms with van der Waals surface area (Å²) in [5.41, 5.74) is 3.46. The number of carbonyl (C=O) groups excluding carboxylic acids is 1. The van der Waals surface area contributed by atoms with Gasteiger partial charge in [0.1, 0.15) is 0 Å². The van der Waals surface area contributed by atoms with Crippen LogP contribution >= 0.6 is 0 Å². The molecule has 2 aliphatic rings. The predicted octanol–water partition coefficient (Wildman–Crippen LogP) is 2.89. The van der Waals surface area contributed by atoms with Crippen LogP contribution < -0.4 is 10.6 Å². The van der Waals surface area contributed by atoms with Crippen molar-refractivity contribution in [2.45, 2.75) is 52.1 Å². The molecule has 3 nitrogen and oxygen atoms in total. The van der Waals surface area contributed by atoms with Gasteiger partial charge < -0.3 is 10.6 Å². The molecule has 1 fully saturated rings. The van der Waals surface area contributed by atoms with Gasteiger partial charge in [-0.15, -0.1) is 0 Å². The van der Waals surface area contributed by atoms with Crippen LogP contribution in [0.1, 0.15) is 54.6 Å². The first kappa shape index (κ1) is 14.6. The second-order valence-corrected chi connectivity index (χ2v) is 6.76. The Kier molecular flexibility index (Phi) is 4.29. The minimum absolute atomic E-state index is 0.0920. The number of hydrogen-bond donors (Lipinski definition) is 2. The van der Waals surface area contributed by atoms with Crippen molar-refractivity contribution in [2.24, 2.45) is 11.8 Å². The topological polar surface area (TPSA) is 41.1 Å². The van der Waals surface area contributed by atoms with Crippen molar-refractivity contribution in [3.63, 3.8) is 0 Å². The van der Waals surface area contributed by atoms with Gasteiger partial charge in [-0.2, -0.15) is 0 Å². The zero-order valence-corrected chi connectivity index (χ0v) is 13.1. The Hall–Kier alpha value is -1.35. The Bertz CT molecular complexity index is 526. The lowest BCUT2D eigenvalue weighted by Crippen LogP contribution is -2.43. The van der Waals surface area contributed by atoms with E-state index in [0.29, 0.717) is 17.9 Å². The molecular formula is C18H26N2O. The van der Waals surface area contributed by atoms with Gasteiger partial charge in [0, 0.05) is 18.2 Å². The SMILES string of the molecule is CC1CCCC(NC(=O)c2ccc3c(c2)CNCC3)C1C. The number of rotatable bonds is 2. The lowest BCUT2D eigenvalue weighted by atomic mass is 9.78. The third-order valence-electron chi connectivity index (χ3n) is 5.38. The molecule has 1 aliphatic carbocycles. The molecule has 2 N–H and O–H groups in total. The van der Waals surface area contributed by atoms with E-state index in [1.165, 1.54) is 24.0 Å². The zero-order valence-electron chi connectivity index (χ0n) is 13.1. The fourth-order valence-corrected chi connectivity index (χ4v) is 3.66. The average Bonchev–Trinajstić information content (AvgIpc) is 2.51. The van der Waals surface area contributed by atoms with Gasteiger partial charge in [0.2, 0.25) is 0 Å². The number of benzene rings is 1. The van der Waals surface area contributed by atoms with Crippen molar-refractivity contribution in [1.29, 1.82) is 0 Å². The molecule has 3 rings (SSSR count). The number of hydrogen-bond acceptors (Lipinski definition) is 2. The Labute approximate surface area is 127 Å². The van der Waals surface area contributed by atoms with E-state index in [0.717, 1.165) is 31.5 Å². The van der Waals surface area contributed by atoms with E-state index in [-0.39, 0.29) is 5.91 Å². The Morgan fingerprint density at radius 3 is 2.95 bits per heavy atom. The quantitative estimate of drug-likeness (QED) is 0.877. The van der Waals surface area contributed by atoms with E-state index in [9.17, 15) is 4.79 Å². The zero-order chi connectivity index (χ0) is 14.8. The molecular weight excluding hydrogens is 260 g/mol. The van der Waals surface area contributed by atoms with Crippen LogP contribution in [-0.2, 0) is 13.0 Å². The van der Waals surface area contributed by atoms with Gasteiger partial charge in [0.05, 0.1) is 0 Å². The molecule has 3 unspecified atom stereocenters. The molecule has 1 amide bonds. The minimum Gasteiger partial charge on any atom is -0.349 e. The highest BCUT2D eigenvalue weighted by molar-refractivity contribution is 5.94. The molecule has 3 atom stereocenters. The Morgan fingerprint density at radius 2 is 2.10 bits per heavy atom. The van der Waals surface area contributed by atoms with Crippen LogP contribution in [0.2, 0.25) is 0 Å². The first-order chi connectivity index (χ1) is 10.1. The van der Waals surface area contributed by atoms with Crippen molar-refractivity contribution in [2.75, 3.05) is 6.54 Å². The van der Waals surface area contributed by atoms with Crippen molar-refractivity contribution in [3.05, 3.63) is 34.9 Å². The standard InChI is InChI=1S/C18H26N2O/c1-12-4-3-5-17(13(12)2)20-18(21)15-7-6-14-8-9-19-11-16(14)10-15/h6-7,10,12-13,17,19H,3-5,8-9,11H2,1-2H3,(H,20,21).